The number of carbonyl (C=O) groups excluding carboxylic acids is 2. The van der Waals surface area contributed by atoms with Crippen LogP contribution in [-0.4, -0.2) is 34.0 Å². The highest BCUT2D eigenvalue weighted by Crippen LogP contribution is 2.17. The number of carboxylic acid groups (broad SMARTS) is 1. The van der Waals surface area contributed by atoms with Crippen molar-refractivity contribution in [2.45, 2.75) is 39.7 Å². The van der Waals surface area contributed by atoms with Crippen LogP contribution in [0.15, 0.2) is 34.9 Å². The van der Waals surface area contributed by atoms with Gasteiger partial charge in [-0.05, 0) is 37.0 Å². The summed E-state index contributed by atoms with van der Waals surface area (Å²) in [4.78, 5) is 36.6. The first-order valence-electron chi connectivity index (χ1n) is 8.91. The van der Waals surface area contributed by atoms with Crippen molar-refractivity contribution in [3.8, 4) is 0 Å². The van der Waals surface area contributed by atoms with Gasteiger partial charge in [-0.25, -0.2) is 4.39 Å². The summed E-state index contributed by atoms with van der Waals surface area (Å²) < 4.78 is 17.9. The first kappa shape index (κ1) is 21.3. The number of benzene rings is 1. The van der Waals surface area contributed by atoms with Crippen molar-refractivity contribution in [3.05, 3.63) is 53.2 Å². The van der Waals surface area contributed by atoms with Crippen LogP contribution in [0.2, 0.25) is 0 Å². The van der Waals surface area contributed by atoms with Crippen LogP contribution in [0.1, 0.15) is 42.1 Å². The van der Waals surface area contributed by atoms with Gasteiger partial charge in [0.25, 0.3) is 5.91 Å². The third kappa shape index (κ3) is 5.73. The van der Waals surface area contributed by atoms with Crippen molar-refractivity contribution in [2.24, 2.45) is 11.8 Å². The smallest absolute Gasteiger partial charge is 0.307 e. The molecule has 1 aromatic heterocycles. The third-order valence-electron chi connectivity index (χ3n) is 4.35. The fraction of sp³-hybridized carbons (Fsp3) is 0.400. The van der Waals surface area contributed by atoms with Gasteiger partial charge in [0.15, 0.2) is 11.5 Å². The Morgan fingerprint density at radius 2 is 1.86 bits per heavy atom. The van der Waals surface area contributed by atoms with Crippen molar-refractivity contribution in [1.29, 1.82) is 0 Å². The molecule has 0 aliphatic rings. The first-order chi connectivity index (χ1) is 13.2. The van der Waals surface area contributed by atoms with Gasteiger partial charge >= 0.3 is 5.97 Å². The molecule has 0 aliphatic heterocycles. The minimum absolute atomic E-state index is 0.0528. The molecule has 0 aliphatic carbocycles. The van der Waals surface area contributed by atoms with E-state index in [4.69, 9.17) is 4.52 Å². The normalized spacial score (nSPS) is 13.2. The second kappa shape index (κ2) is 9.25. The van der Waals surface area contributed by atoms with Crippen LogP contribution in [0, 0.1) is 24.6 Å². The van der Waals surface area contributed by atoms with E-state index in [9.17, 15) is 23.9 Å². The van der Waals surface area contributed by atoms with Gasteiger partial charge in [-0.2, -0.15) is 0 Å². The summed E-state index contributed by atoms with van der Waals surface area (Å²) in [5, 5.41) is 15.7. The number of halogens is 1. The highest BCUT2D eigenvalue weighted by molar-refractivity contribution is 5.97. The number of hydrogen-bond donors (Lipinski definition) is 2. The lowest BCUT2D eigenvalue weighted by atomic mass is 9.89. The lowest BCUT2D eigenvalue weighted by Gasteiger charge is -2.22. The summed E-state index contributed by atoms with van der Waals surface area (Å²) in [6, 6.07) is 6.06. The fourth-order valence-electron chi connectivity index (χ4n) is 2.83. The molecule has 0 saturated carbocycles. The van der Waals surface area contributed by atoms with Gasteiger partial charge in [0.2, 0.25) is 0 Å². The fourth-order valence-corrected chi connectivity index (χ4v) is 2.83. The van der Waals surface area contributed by atoms with Gasteiger partial charge in [0.05, 0.1) is 12.0 Å². The number of nitrogens with one attached hydrogen (secondary N) is 1. The molecule has 28 heavy (non-hydrogen) atoms. The molecular formula is C20H23FN2O5. The van der Waals surface area contributed by atoms with Crippen molar-refractivity contribution in [2.75, 3.05) is 0 Å². The lowest BCUT2D eigenvalue weighted by Crippen LogP contribution is -2.45. The number of carbonyl (C=O) groups is 3. The summed E-state index contributed by atoms with van der Waals surface area (Å²) in [5.41, 5.74) is 0.668. The average Bonchev–Trinajstić information content (AvgIpc) is 3.06. The van der Waals surface area contributed by atoms with Crippen LogP contribution in [0.3, 0.4) is 0 Å². The zero-order valence-electron chi connectivity index (χ0n) is 15.9. The van der Waals surface area contributed by atoms with E-state index < -0.39 is 35.4 Å². The number of hydrogen-bond acceptors (Lipinski definition) is 5. The molecule has 2 rings (SSSR count). The minimum atomic E-state index is -1.13. The molecule has 1 aromatic carbocycles. The Bertz CT molecular complexity index is 845. The van der Waals surface area contributed by atoms with E-state index in [0.717, 1.165) is 0 Å². The summed E-state index contributed by atoms with van der Waals surface area (Å²) in [6.07, 6.45) is -0.170. The number of aliphatic carboxylic acids is 1. The minimum Gasteiger partial charge on any atom is -0.481 e. The van der Waals surface area contributed by atoms with Gasteiger partial charge in [0, 0.05) is 12.5 Å². The Balaban J connectivity index is 2.08. The predicted molar refractivity (Wildman–Crippen MR) is 98.2 cm³/mol. The van der Waals surface area contributed by atoms with E-state index in [1.54, 1.807) is 20.8 Å². The molecule has 150 valence electrons. The number of nitrogens with zero attached hydrogens (tertiary/aromatic N) is 1. The standard InChI is InChI=1S/C20H23FN2O5/c1-11(2)18(22-19(25)16-8-12(3)28-23-16)17(24)10-14(20(26)27)9-13-4-6-15(21)7-5-13/h4-8,11,14,18H,9-10H2,1-3H3,(H,22,25)(H,26,27)/t14-,18+/m1/s1. The largest absolute Gasteiger partial charge is 0.481 e. The van der Waals surface area contributed by atoms with E-state index in [1.165, 1.54) is 30.3 Å². The Kier molecular flexibility index (Phi) is 7.03. The quantitative estimate of drug-likeness (QED) is 0.681. The SMILES string of the molecule is Cc1cc(C(=O)N[C@H](C(=O)C[C@@H](Cc2ccc(F)cc2)C(=O)O)C(C)C)no1. The molecule has 0 radical (unpaired) electrons. The first-order valence-corrected chi connectivity index (χ1v) is 8.91. The number of aromatic nitrogens is 1. The average molecular weight is 390 g/mol. The Hall–Kier alpha value is -3.03. The van der Waals surface area contributed by atoms with Crippen LogP contribution < -0.4 is 5.32 Å². The van der Waals surface area contributed by atoms with E-state index in [1.807, 2.05) is 0 Å². The van der Waals surface area contributed by atoms with Gasteiger partial charge < -0.3 is 14.9 Å². The van der Waals surface area contributed by atoms with Gasteiger partial charge in [-0.15, -0.1) is 0 Å². The highest BCUT2D eigenvalue weighted by Gasteiger charge is 2.30. The zero-order chi connectivity index (χ0) is 20.8. The number of carboxylic acids is 1. The molecule has 1 amide bonds. The molecule has 2 N–H and O–H groups in total. The van der Waals surface area contributed by atoms with Crippen LogP contribution >= 0.6 is 0 Å². The second-order valence-corrected chi connectivity index (χ2v) is 7.05. The molecule has 0 saturated heterocycles. The molecule has 0 unspecified atom stereocenters. The predicted octanol–water partition coefficient (Wildman–Crippen LogP) is 2.78. The zero-order valence-corrected chi connectivity index (χ0v) is 15.9. The topological polar surface area (TPSA) is 110 Å². The summed E-state index contributed by atoms with van der Waals surface area (Å²) in [6.45, 7) is 5.15. The second-order valence-electron chi connectivity index (χ2n) is 7.05. The van der Waals surface area contributed by atoms with Crippen LogP contribution in [0.25, 0.3) is 0 Å². The Labute approximate surface area is 161 Å². The molecule has 8 heteroatoms. The van der Waals surface area contributed by atoms with E-state index >= 15 is 0 Å². The molecule has 2 aromatic rings. The molecule has 1 heterocycles. The van der Waals surface area contributed by atoms with Crippen LogP contribution in [0.5, 0.6) is 0 Å². The van der Waals surface area contributed by atoms with Crippen LogP contribution in [-0.2, 0) is 16.0 Å². The molecule has 0 fully saturated rings. The Morgan fingerprint density at radius 1 is 1.21 bits per heavy atom. The Morgan fingerprint density at radius 3 is 2.36 bits per heavy atom. The number of rotatable bonds is 9. The molecule has 0 bridgehead atoms. The molecule has 2 atom stereocenters. The van der Waals surface area contributed by atoms with Crippen molar-refractivity contribution < 1.29 is 28.4 Å². The number of amides is 1. The van der Waals surface area contributed by atoms with E-state index in [-0.39, 0.29) is 24.5 Å². The maximum absolute atomic E-state index is 13.0. The monoisotopic (exact) mass is 390 g/mol. The maximum Gasteiger partial charge on any atom is 0.307 e. The molecular weight excluding hydrogens is 367 g/mol. The number of aryl methyl sites for hydroxylation is 1. The van der Waals surface area contributed by atoms with Crippen LogP contribution in [0.4, 0.5) is 4.39 Å². The molecule has 7 nitrogen and oxygen atoms in total. The maximum atomic E-state index is 13.0. The van der Waals surface area contributed by atoms with Gasteiger partial charge in [0.1, 0.15) is 11.6 Å². The van der Waals surface area contributed by atoms with Gasteiger partial charge in [-0.1, -0.05) is 31.1 Å². The lowest BCUT2D eigenvalue weighted by molar-refractivity contribution is -0.144. The van der Waals surface area contributed by atoms with E-state index in [2.05, 4.69) is 10.5 Å². The third-order valence-corrected chi connectivity index (χ3v) is 4.35. The number of Topliss-reactive ketones (excluding diaryl/α,β-unsaturated/α-hetero) is 1. The number of ketones is 1. The van der Waals surface area contributed by atoms with Crippen molar-refractivity contribution in [1.82, 2.24) is 10.5 Å². The van der Waals surface area contributed by atoms with Crippen molar-refractivity contribution >= 4 is 17.7 Å². The molecule has 0 spiro atoms. The summed E-state index contributed by atoms with van der Waals surface area (Å²) in [5.74, 6) is -3.26. The highest BCUT2D eigenvalue weighted by atomic mass is 19.1. The van der Waals surface area contributed by atoms with Gasteiger partial charge in [-0.3, -0.25) is 14.4 Å². The van der Waals surface area contributed by atoms with Crippen molar-refractivity contribution in [3.63, 3.8) is 0 Å². The summed E-state index contributed by atoms with van der Waals surface area (Å²) >= 11 is 0. The summed E-state index contributed by atoms with van der Waals surface area (Å²) in [7, 11) is 0. The van der Waals surface area contributed by atoms with E-state index in [0.29, 0.717) is 11.3 Å².